The molecule has 0 radical (unpaired) electrons. The molecule has 0 unspecified atom stereocenters. The molecule has 2 aromatic heterocycles. The predicted octanol–water partition coefficient (Wildman–Crippen LogP) is 4.26. The van der Waals surface area contributed by atoms with Gasteiger partial charge in [0.1, 0.15) is 4.60 Å². The minimum absolute atomic E-state index is 0.693. The van der Waals surface area contributed by atoms with Crippen LogP contribution in [0.1, 0.15) is 0 Å². The van der Waals surface area contributed by atoms with Crippen molar-refractivity contribution in [1.82, 2.24) is 14.4 Å². The first-order chi connectivity index (χ1) is 9.25. The van der Waals surface area contributed by atoms with Crippen molar-refractivity contribution in [1.29, 1.82) is 0 Å². The number of benzene rings is 1. The van der Waals surface area contributed by atoms with Crippen molar-refractivity contribution in [3.8, 4) is 0 Å². The number of aromatic nitrogens is 3. The van der Waals surface area contributed by atoms with E-state index >= 15 is 0 Å². The summed E-state index contributed by atoms with van der Waals surface area (Å²) in [7, 11) is 0. The zero-order chi connectivity index (χ0) is 13.2. The Morgan fingerprint density at radius 3 is 2.95 bits per heavy atom. The van der Waals surface area contributed by atoms with Crippen LogP contribution in [-0.4, -0.2) is 14.4 Å². The number of halogens is 2. The largest absolute Gasteiger partial charge is 0.307 e. The Balaban J connectivity index is 1.88. The lowest BCUT2D eigenvalue weighted by Crippen LogP contribution is -1.96. The van der Waals surface area contributed by atoms with Crippen LogP contribution < -0.4 is 4.72 Å². The molecule has 3 rings (SSSR count). The minimum atomic E-state index is 0.693. The van der Waals surface area contributed by atoms with Gasteiger partial charge >= 0.3 is 0 Å². The highest BCUT2D eigenvalue weighted by atomic mass is 79.9. The number of imidazole rings is 1. The van der Waals surface area contributed by atoms with Gasteiger partial charge in [-0.2, -0.15) is 0 Å². The fourth-order valence-electron chi connectivity index (χ4n) is 1.59. The Hall–Kier alpha value is -1.24. The number of rotatable bonds is 3. The molecular formula is C12H8BrClN4S. The van der Waals surface area contributed by atoms with Gasteiger partial charge in [-0.1, -0.05) is 23.7 Å². The van der Waals surface area contributed by atoms with E-state index in [4.69, 9.17) is 11.6 Å². The number of hydrogen-bond donors (Lipinski definition) is 1. The highest BCUT2D eigenvalue weighted by Crippen LogP contribution is 2.28. The lowest BCUT2D eigenvalue weighted by molar-refractivity contribution is 1.11. The zero-order valence-corrected chi connectivity index (χ0v) is 12.7. The van der Waals surface area contributed by atoms with Crippen molar-refractivity contribution < 1.29 is 0 Å². The maximum atomic E-state index is 6.10. The fourth-order valence-corrected chi connectivity index (χ4v) is 2.89. The first-order valence-corrected chi connectivity index (χ1v) is 7.39. The second kappa shape index (κ2) is 5.40. The molecule has 1 N–H and O–H groups in total. The second-order valence-corrected chi connectivity index (χ2v) is 5.75. The fraction of sp³-hybridized carbons (Fsp3) is 0. The van der Waals surface area contributed by atoms with E-state index in [1.807, 2.05) is 34.9 Å². The maximum Gasteiger partial charge on any atom is 0.181 e. The summed E-state index contributed by atoms with van der Waals surface area (Å²) < 4.78 is 5.97. The molecule has 0 saturated carbocycles. The molecule has 19 heavy (non-hydrogen) atoms. The Morgan fingerprint density at radius 2 is 2.11 bits per heavy atom. The molecule has 4 nitrogen and oxygen atoms in total. The summed E-state index contributed by atoms with van der Waals surface area (Å²) in [6.07, 6.45) is 5.30. The number of anilines is 1. The Morgan fingerprint density at radius 1 is 1.26 bits per heavy atom. The Bertz CT molecular complexity index is 731. The van der Waals surface area contributed by atoms with Gasteiger partial charge in [-0.3, -0.25) is 4.40 Å². The molecule has 0 saturated heterocycles. The highest BCUT2D eigenvalue weighted by molar-refractivity contribution is 9.10. The van der Waals surface area contributed by atoms with Crippen LogP contribution in [0.25, 0.3) is 5.65 Å². The summed E-state index contributed by atoms with van der Waals surface area (Å²) >= 11 is 10.9. The van der Waals surface area contributed by atoms with Crippen LogP contribution in [0.4, 0.5) is 5.82 Å². The van der Waals surface area contributed by atoms with Gasteiger partial charge in [0.05, 0.1) is 11.2 Å². The van der Waals surface area contributed by atoms with E-state index in [2.05, 4.69) is 30.6 Å². The van der Waals surface area contributed by atoms with Gasteiger partial charge in [0.25, 0.3) is 0 Å². The summed E-state index contributed by atoms with van der Waals surface area (Å²) in [6.45, 7) is 0. The van der Waals surface area contributed by atoms with Gasteiger partial charge in [-0.05, 0) is 40.0 Å². The molecule has 1 aromatic carbocycles. The number of nitrogens with zero attached hydrogens (tertiary/aromatic N) is 3. The van der Waals surface area contributed by atoms with Gasteiger partial charge in [0.15, 0.2) is 11.5 Å². The van der Waals surface area contributed by atoms with E-state index in [1.165, 1.54) is 11.9 Å². The molecule has 0 atom stereocenters. The third-order valence-electron chi connectivity index (χ3n) is 2.48. The molecular weight excluding hydrogens is 348 g/mol. The van der Waals surface area contributed by atoms with Crippen molar-refractivity contribution in [2.45, 2.75) is 4.90 Å². The van der Waals surface area contributed by atoms with Gasteiger partial charge in [-0.25, -0.2) is 9.97 Å². The van der Waals surface area contributed by atoms with E-state index in [0.717, 1.165) is 15.1 Å². The predicted molar refractivity (Wildman–Crippen MR) is 81.6 cm³/mol. The van der Waals surface area contributed by atoms with Crippen molar-refractivity contribution in [2.24, 2.45) is 0 Å². The molecule has 2 heterocycles. The Kier molecular flexibility index (Phi) is 3.63. The van der Waals surface area contributed by atoms with E-state index < -0.39 is 0 Å². The lowest BCUT2D eigenvalue weighted by Gasteiger charge is -2.06. The molecule has 0 amide bonds. The van der Waals surface area contributed by atoms with Crippen LogP contribution in [0.2, 0.25) is 5.02 Å². The molecule has 0 aliphatic rings. The SMILES string of the molecule is Clc1ccccc1SNc1nccn2c(Br)cnc12. The monoisotopic (exact) mass is 354 g/mol. The smallest absolute Gasteiger partial charge is 0.181 e. The van der Waals surface area contributed by atoms with Crippen molar-refractivity contribution >= 4 is 50.9 Å². The van der Waals surface area contributed by atoms with Crippen molar-refractivity contribution in [3.05, 3.63) is 52.5 Å². The maximum absolute atomic E-state index is 6.10. The van der Waals surface area contributed by atoms with E-state index in [-0.39, 0.29) is 0 Å². The van der Waals surface area contributed by atoms with Crippen LogP contribution >= 0.6 is 39.5 Å². The normalized spacial score (nSPS) is 10.8. The number of hydrogen-bond acceptors (Lipinski definition) is 4. The van der Waals surface area contributed by atoms with Gasteiger partial charge in [0, 0.05) is 17.3 Å². The summed E-state index contributed by atoms with van der Waals surface area (Å²) in [5.74, 6) is 0.693. The number of fused-ring (bicyclic) bond motifs is 1. The molecule has 0 fully saturated rings. The average Bonchev–Trinajstić information content (AvgIpc) is 2.81. The Labute approximate surface area is 127 Å². The molecule has 0 aliphatic carbocycles. The van der Waals surface area contributed by atoms with Gasteiger partial charge in [0.2, 0.25) is 0 Å². The lowest BCUT2D eigenvalue weighted by atomic mass is 10.4. The van der Waals surface area contributed by atoms with Crippen LogP contribution in [0.5, 0.6) is 0 Å². The summed E-state index contributed by atoms with van der Waals surface area (Å²) in [4.78, 5) is 9.53. The zero-order valence-electron chi connectivity index (χ0n) is 9.55. The van der Waals surface area contributed by atoms with Crippen LogP contribution in [0, 0.1) is 0 Å². The first kappa shape index (κ1) is 12.8. The van der Waals surface area contributed by atoms with Crippen LogP contribution in [0.3, 0.4) is 0 Å². The summed E-state index contributed by atoms with van der Waals surface area (Å²) in [5.41, 5.74) is 0.758. The molecule has 96 valence electrons. The van der Waals surface area contributed by atoms with Crippen molar-refractivity contribution in [2.75, 3.05) is 4.72 Å². The minimum Gasteiger partial charge on any atom is -0.307 e. The van der Waals surface area contributed by atoms with Gasteiger partial charge in [-0.15, -0.1) is 0 Å². The molecule has 0 bridgehead atoms. The summed E-state index contributed by atoms with van der Waals surface area (Å²) in [6, 6.07) is 7.64. The molecule has 0 aliphatic heterocycles. The topological polar surface area (TPSA) is 42.2 Å². The quantitative estimate of drug-likeness (QED) is 0.713. The third-order valence-corrected chi connectivity index (χ3v) is 4.38. The highest BCUT2D eigenvalue weighted by Gasteiger charge is 2.08. The third kappa shape index (κ3) is 2.56. The van der Waals surface area contributed by atoms with E-state index in [9.17, 15) is 0 Å². The second-order valence-electron chi connectivity index (χ2n) is 3.68. The first-order valence-electron chi connectivity index (χ1n) is 5.40. The summed E-state index contributed by atoms with van der Waals surface area (Å²) in [5, 5.41) is 0.705. The van der Waals surface area contributed by atoms with Crippen LogP contribution in [-0.2, 0) is 0 Å². The van der Waals surface area contributed by atoms with E-state index in [0.29, 0.717) is 10.8 Å². The van der Waals surface area contributed by atoms with E-state index in [1.54, 1.807) is 12.4 Å². The van der Waals surface area contributed by atoms with Gasteiger partial charge < -0.3 is 4.72 Å². The number of nitrogens with one attached hydrogen (secondary N) is 1. The van der Waals surface area contributed by atoms with Crippen molar-refractivity contribution in [3.63, 3.8) is 0 Å². The average molecular weight is 356 g/mol. The molecule has 7 heteroatoms. The molecule has 3 aromatic rings. The standard InChI is InChI=1S/C12H8BrClN4S/c13-10-7-16-12-11(15-5-6-18(10)12)17-19-9-4-2-1-3-8(9)14/h1-7H,(H,15,17). The van der Waals surface area contributed by atoms with Crippen LogP contribution in [0.15, 0.2) is 52.4 Å². The molecule has 0 spiro atoms.